The standard InChI is InChI=1S/C14H21N3.HI/c1-4-8-16-14(15)17-10-12(3)13-7-5-6-11(2)9-13;/h4-7,9,12H,1,8,10H2,2-3H3,(H3,15,16,17);1H. The molecule has 0 saturated heterocycles. The molecule has 3 nitrogen and oxygen atoms in total. The molecule has 1 aromatic rings. The Balaban J connectivity index is 0.00000289. The van der Waals surface area contributed by atoms with Gasteiger partial charge in [0.25, 0.3) is 0 Å². The van der Waals surface area contributed by atoms with Crippen LogP contribution in [0, 0.1) is 6.92 Å². The predicted molar refractivity (Wildman–Crippen MR) is 89.7 cm³/mol. The van der Waals surface area contributed by atoms with Gasteiger partial charge in [0.2, 0.25) is 0 Å². The normalized spacial score (nSPS) is 12.4. The summed E-state index contributed by atoms with van der Waals surface area (Å²) in [7, 11) is 0. The zero-order valence-corrected chi connectivity index (χ0v) is 13.3. The molecule has 3 N–H and O–H groups in total. The fourth-order valence-corrected chi connectivity index (χ4v) is 1.55. The van der Waals surface area contributed by atoms with Crippen molar-refractivity contribution in [3.05, 3.63) is 48.0 Å². The molecule has 0 heterocycles. The van der Waals surface area contributed by atoms with Gasteiger partial charge in [-0.25, -0.2) is 0 Å². The van der Waals surface area contributed by atoms with Crippen molar-refractivity contribution in [3.63, 3.8) is 0 Å². The number of hydrogen-bond donors (Lipinski definition) is 2. The van der Waals surface area contributed by atoms with Crippen molar-refractivity contribution in [1.82, 2.24) is 5.32 Å². The summed E-state index contributed by atoms with van der Waals surface area (Å²) in [6.07, 6.45) is 1.76. The van der Waals surface area contributed by atoms with E-state index in [-0.39, 0.29) is 24.0 Å². The molecule has 0 aromatic heterocycles. The first-order chi connectivity index (χ1) is 8.13. The van der Waals surface area contributed by atoms with Gasteiger partial charge in [0.15, 0.2) is 5.96 Å². The molecule has 0 saturated carbocycles. The van der Waals surface area contributed by atoms with Crippen LogP contribution in [0.5, 0.6) is 0 Å². The van der Waals surface area contributed by atoms with Crippen LogP contribution in [0.4, 0.5) is 0 Å². The van der Waals surface area contributed by atoms with Gasteiger partial charge in [-0.3, -0.25) is 4.99 Å². The van der Waals surface area contributed by atoms with Crippen LogP contribution < -0.4 is 11.1 Å². The summed E-state index contributed by atoms with van der Waals surface area (Å²) < 4.78 is 0. The molecular formula is C14H22IN3. The minimum absolute atomic E-state index is 0. The van der Waals surface area contributed by atoms with Gasteiger partial charge < -0.3 is 11.1 Å². The molecule has 4 heteroatoms. The summed E-state index contributed by atoms with van der Waals surface area (Å²) in [4.78, 5) is 4.30. The Bertz CT molecular complexity index is 402. The van der Waals surface area contributed by atoms with Crippen molar-refractivity contribution in [2.75, 3.05) is 13.1 Å². The highest BCUT2D eigenvalue weighted by Crippen LogP contribution is 2.16. The van der Waals surface area contributed by atoms with E-state index in [1.165, 1.54) is 11.1 Å². The Morgan fingerprint density at radius 1 is 1.56 bits per heavy atom. The van der Waals surface area contributed by atoms with Crippen LogP contribution in [-0.4, -0.2) is 19.0 Å². The monoisotopic (exact) mass is 359 g/mol. The lowest BCUT2D eigenvalue weighted by Crippen LogP contribution is -2.32. The van der Waals surface area contributed by atoms with Gasteiger partial charge >= 0.3 is 0 Å². The van der Waals surface area contributed by atoms with E-state index in [2.05, 4.69) is 55.0 Å². The smallest absolute Gasteiger partial charge is 0.188 e. The average Bonchev–Trinajstić information content (AvgIpc) is 2.33. The lowest BCUT2D eigenvalue weighted by atomic mass is 10.00. The molecule has 0 fully saturated rings. The van der Waals surface area contributed by atoms with Gasteiger partial charge in [-0.05, 0) is 12.5 Å². The maximum Gasteiger partial charge on any atom is 0.188 e. The van der Waals surface area contributed by atoms with Crippen LogP contribution in [0.3, 0.4) is 0 Å². The van der Waals surface area contributed by atoms with E-state index in [0.717, 1.165) is 0 Å². The molecule has 0 aliphatic carbocycles. The SMILES string of the molecule is C=CCNC(N)=NCC(C)c1cccc(C)c1.I. The molecular weight excluding hydrogens is 337 g/mol. The molecule has 1 atom stereocenters. The summed E-state index contributed by atoms with van der Waals surface area (Å²) in [6.45, 7) is 9.20. The molecule has 1 aromatic carbocycles. The van der Waals surface area contributed by atoms with E-state index in [0.29, 0.717) is 25.0 Å². The summed E-state index contributed by atoms with van der Waals surface area (Å²) in [5.74, 6) is 0.850. The first kappa shape index (κ1) is 17.0. The van der Waals surface area contributed by atoms with Crippen LogP contribution in [0.2, 0.25) is 0 Å². The van der Waals surface area contributed by atoms with Crippen molar-refractivity contribution in [2.45, 2.75) is 19.8 Å². The lowest BCUT2D eigenvalue weighted by Gasteiger charge is -2.10. The molecule has 0 aliphatic rings. The molecule has 0 radical (unpaired) electrons. The number of benzene rings is 1. The Morgan fingerprint density at radius 3 is 2.89 bits per heavy atom. The van der Waals surface area contributed by atoms with Gasteiger partial charge in [0.05, 0.1) is 0 Å². The minimum Gasteiger partial charge on any atom is -0.370 e. The lowest BCUT2D eigenvalue weighted by molar-refractivity contribution is 0.767. The summed E-state index contributed by atoms with van der Waals surface area (Å²) in [5.41, 5.74) is 8.28. The number of nitrogens with zero attached hydrogens (tertiary/aromatic N) is 1. The Labute approximate surface area is 127 Å². The van der Waals surface area contributed by atoms with Crippen molar-refractivity contribution in [2.24, 2.45) is 10.7 Å². The molecule has 1 unspecified atom stereocenters. The number of aliphatic imine (C=N–C) groups is 1. The number of halogens is 1. The largest absolute Gasteiger partial charge is 0.370 e. The molecule has 0 spiro atoms. The molecule has 0 amide bonds. The van der Waals surface area contributed by atoms with E-state index in [9.17, 15) is 0 Å². The van der Waals surface area contributed by atoms with Gasteiger partial charge in [0, 0.05) is 19.0 Å². The second kappa shape index (κ2) is 8.97. The van der Waals surface area contributed by atoms with Gasteiger partial charge in [-0.15, -0.1) is 30.6 Å². The van der Waals surface area contributed by atoms with Crippen molar-refractivity contribution in [1.29, 1.82) is 0 Å². The Kier molecular flexibility index (Phi) is 8.45. The number of aryl methyl sites for hydroxylation is 1. The summed E-state index contributed by atoms with van der Waals surface area (Å²) in [6, 6.07) is 8.48. The zero-order valence-electron chi connectivity index (χ0n) is 11.0. The fourth-order valence-electron chi connectivity index (χ4n) is 1.55. The third kappa shape index (κ3) is 6.05. The van der Waals surface area contributed by atoms with Crippen LogP contribution in [0.15, 0.2) is 41.9 Å². The number of hydrogen-bond acceptors (Lipinski definition) is 1. The van der Waals surface area contributed by atoms with E-state index < -0.39 is 0 Å². The second-order valence-electron chi connectivity index (χ2n) is 4.21. The first-order valence-electron chi connectivity index (χ1n) is 5.84. The van der Waals surface area contributed by atoms with Crippen molar-refractivity contribution >= 4 is 29.9 Å². The molecule has 18 heavy (non-hydrogen) atoms. The highest BCUT2D eigenvalue weighted by Gasteiger charge is 2.04. The third-order valence-electron chi connectivity index (χ3n) is 2.57. The number of nitrogens with one attached hydrogen (secondary N) is 1. The van der Waals surface area contributed by atoms with E-state index in [1.807, 2.05) is 0 Å². The molecule has 0 bridgehead atoms. The number of nitrogens with two attached hydrogens (primary N) is 1. The van der Waals surface area contributed by atoms with E-state index in [4.69, 9.17) is 5.73 Å². The second-order valence-corrected chi connectivity index (χ2v) is 4.21. The highest BCUT2D eigenvalue weighted by molar-refractivity contribution is 14.0. The van der Waals surface area contributed by atoms with Gasteiger partial charge in [-0.1, -0.05) is 42.8 Å². The third-order valence-corrected chi connectivity index (χ3v) is 2.57. The Hall–Kier alpha value is -1.04. The minimum atomic E-state index is 0. The summed E-state index contributed by atoms with van der Waals surface area (Å²) >= 11 is 0. The average molecular weight is 359 g/mol. The Morgan fingerprint density at radius 2 is 2.28 bits per heavy atom. The summed E-state index contributed by atoms with van der Waals surface area (Å²) in [5, 5.41) is 2.96. The topological polar surface area (TPSA) is 50.4 Å². The molecule has 100 valence electrons. The van der Waals surface area contributed by atoms with Crippen LogP contribution in [0.1, 0.15) is 24.0 Å². The first-order valence-corrected chi connectivity index (χ1v) is 5.84. The predicted octanol–water partition coefficient (Wildman–Crippen LogP) is 2.81. The maximum atomic E-state index is 5.71. The number of rotatable bonds is 5. The van der Waals surface area contributed by atoms with E-state index >= 15 is 0 Å². The fraction of sp³-hybridized carbons (Fsp3) is 0.357. The van der Waals surface area contributed by atoms with Crippen LogP contribution >= 0.6 is 24.0 Å². The quantitative estimate of drug-likeness (QED) is 0.368. The highest BCUT2D eigenvalue weighted by atomic mass is 127. The number of guanidine groups is 1. The maximum absolute atomic E-state index is 5.71. The van der Waals surface area contributed by atoms with Crippen LogP contribution in [-0.2, 0) is 0 Å². The van der Waals surface area contributed by atoms with Crippen molar-refractivity contribution in [3.8, 4) is 0 Å². The van der Waals surface area contributed by atoms with Crippen LogP contribution in [0.25, 0.3) is 0 Å². The van der Waals surface area contributed by atoms with Crippen molar-refractivity contribution < 1.29 is 0 Å². The van der Waals surface area contributed by atoms with Gasteiger partial charge in [-0.2, -0.15) is 0 Å². The zero-order chi connectivity index (χ0) is 12.7. The van der Waals surface area contributed by atoms with E-state index in [1.54, 1.807) is 6.08 Å². The molecule has 0 aliphatic heterocycles. The van der Waals surface area contributed by atoms with Gasteiger partial charge in [0.1, 0.15) is 0 Å². The molecule has 1 rings (SSSR count).